The molecule has 0 atom stereocenters. The van der Waals surface area contributed by atoms with Gasteiger partial charge in [0.25, 0.3) is 0 Å². The molecule has 2 heterocycles. The minimum Gasteiger partial charge on any atom is -0.368 e. The van der Waals surface area contributed by atoms with E-state index in [4.69, 9.17) is 0 Å². The molecular formula is C17H15F3IN3S. The first-order valence-corrected chi connectivity index (χ1v) is 9.59. The lowest BCUT2D eigenvalue weighted by molar-refractivity contribution is -0.137. The molecule has 0 fully saturated rings. The summed E-state index contributed by atoms with van der Waals surface area (Å²) in [7, 11) is 0. The molecule has 2 N–H and O–H groups in total. The lowest BCUT2D eigenvalue weighted by Gasteiger charge is -2.11. The van der Waals surface area contributed by atoms with Gasteiger partial charge in [0, 0.05) is 40.0 Å². The number of para-hydroxylation sites is 1. The van der Waals surface area contributed by atoms with Crippen LogP contribution in [0, 0.1) is 10.5 Å². The van der Waals surface area contributed by atoms with Gasteiger partial charge < -0.3 is 10.3 Å². The van der Waals surface area contributed by atoms with E-state index < -0.39 is 11.7 Å². The molecule has 0 aliphatic rings. The summed E-state index contributed by atoms with van der Waals surface area (Å²) in [4.78, 5) is 8.45. The van der Waals surface area contributed by atoms with Crippen molar-refractivity contribution in [2.24, 2.45) is 0 Å². The molecule has 0 bridgehead atoms. The van der Waals surface area contributed by atoms with Gasteiger partial charge in [-0.25, -0.2) is 4.98 Å². The molecule has 0 saturated carbocycles. The van der Waals surface area contributed by atoms with E-state index in [1.165, 1.54) is 10.3 Å². The summed E-state index contributed by atoms with van der Waals surface area (Å²) in [5.41, 5.74) is 1.49. The predicted molar refractivity (Wildman–Crippen MR) is 104 cm³/mol. The van der Waals surface area contributed by atoms with Crippen molar-refractivity contribution in [2.75, 3.05) is 17.6 Å². The number of halogens is 4. The fourth-order valence-corrected chi connectivity index (χ4v) is 4.16. The van der Waals surface area contributed by atoms with Crippen LogP contribution in [0.4, 0.5) is 19.0 Å². The van der Waals surface area contributed by atoms with E-state index in [-0.39, 0.29) is 0 Å². The quantitative estimate of drug-likeness (QED) is 0.282. The van der Waals surface area contributed by atoms with Crippen molar-refractivity contribution in [3.05, 3.63) is 51.4 Å². The highest BCUT2D eigenvalue weighted by atomic mass is 127. The first kappa shape index (κ1) is 18.4. The van der Waals surface area contributed by atoms with Crippen molar-refractivity contribution in [2.45, 2.75) is 18.0 Å². The van der Waals surface area contributed by atoms with Gasteiger partial charge in [0.15, 0.2) is 0 Å². The normalized spacial score (nSPS) is 11.9. The summed E-state index contributed by atoms with van der Waals surface area (Å²) in [5, 5.41) is 4.29. The highest BCUT2D eigenvalue weighted by Gasteiger charge is 2.31. The van der Waals surface area contributed by atoms with Crippen LogP contribution in [0.15, 0.2) is 41.4 Å². The molecule has 132 valence electrons. The molecule has 0 spiro atoms. The van der Waals surface area contributed by atoms with Crippen LogP contribution in [0.3, 0.4) is 0 Å². The molecule has 3 aromatic rings. The fourth-order valence-electron chi connectivity index (χ4n) is 2.48. The Morgan fingerprint density at radius 3 is 2.76 bits per heavy atom. The van der Waals surface area contributed by atoms with E-state index in [1.54, 1.807) is 11.8 Å². The average Bonchev–Trinajstić information content (AvgIpc) is 2.87. The molecule has 0 amide bonds. The Balaban J connectivity index is 1.61. The Morgan fingerprint density at radius 1 is 1.28 bits per heavy atom. The summed E-state index contributed by atoms with van der Waals surface area (Å²) >= 11 is 3.58. The van der Waals surface area contributed by atoms with E-state index in [9.17, 15) is 13.2 Å². The van der Waals surface area contributed by atoms with Crippen molar-refractivity contribution in [1.82, 2.24) is 9.97 Å². The van der Waals surface area contributed by atoms with Gasteiger partial charge >= 0.3 is 6.18 Å². The molecule has 1 aromatic carbocycles. The molecule has 0 aliphatic carbocycles. The molecule has 8 heteroatoms. The minimum atomic E-state index is -4.37. The standard InChI is InChI=1S/C17H15F3IN3S/c1-10-15(12-4-2-3-5-14(12)24-10)25-7-6-22-16-13(21)8-11(9-23-16)17(18,19)20/h2-5,8-9,24H,6-7H2,1H3,(H,22,23). The highest BCUT2D eigenvalue weighted by Crippen LogP contribution is 2.32. The van der Waals surface area contributed by atoms with Crippen molar-refractivity contribution < 1.29 is 13.2 Å². The summed E-state index contributed by atoms with van der Waals surface area (Å²) in [6, 6.07) is 9.22. The zero-order valence-electron chi connectivity index (χ0n) is 13.2. The molecule has 0 saturated heterocycles. The number of benzene rings is 1. The van der Waals surface area contributed by atoms with Crippen LogP contribution in [0.5, 0.6) is 0 Å². The van der Waals surface area contributed by atoms with E-state index >= 15 is 0 Å². The Kier molecular flexibility index (Phi) is 5.47. The molecule has 2 aromatic heterocycles. The van der Waals surface area contributed by atoms with Crippen LogP contribution in [0.1, 0.15) is 11.3 Å². The topological polar surface area (TPSA) is 40.7 Å². The number of rotatable bonds is 5. The molecular weight excluding hydrogens is 462 g/mol. The third-order valence-corrected chi connectivity index (χ3v) is 5.69. The van der Waals surface area contributed by atoms with Crippen LogP contribution in [0.25, 0.3) is 10.9 Å². The fraction of sp³-hybridized carbons (Fsp3) is 0.235. The predicted octanol–water partition coefficient (Wildman–Crippen LogP) is 5.70. The Bertz CT molecular complexity index is 892. The van der Waals surface area contributed by atoms with Crippen LogP contribution in [-0.4, -0.2) is 22.3 Å². The number of aromatic amines is 1. The Morgan fingerprint density at radius 2 is 2.04 bits per heavy atom. The minimum absolute atomic E-state index is 0.459. The van der Waals surface area contributed by atoms with Gasteiger partial charge in [0.2, 0.25) is 0 Å². The summed E-state index contributed by atoms with van der Waals surface area (Å²) < 4.78 is 38.4. The molecule has 3 nitrogen and oxygen atoms in total. The lowest BCUT2D eigenvalue weighted by atomic mass is 10.2. The SMILES string of the molecule is Cc1[nH]c2ccccc2c1SCCNc1ncc(C(F)(F)F)cc1I. The number of aryl methyl sites for hydroxylation is 1. The largest absolute Gasteiger partial charge is 0.417 e. The van der Waals surface area contributed by atoms with Crippen molar-refractivity contribution in [3.8, 4) is 0 Å². The number of alkyl halides is 3. The zero-order valence-corrected chi connectivity index (χ0v) is 16.2. The van der Waals surface area contributed by atoms with Crippen LogP contribution in [-0.2, 0) is 6.18 Å². The number of thioether (sulfide) groups is 1. The molecule has 0 radical (unpaired) electrons. The van der Waals surface area contributed by atoms with E-state index in [1.807, 2.05) is 47.7 Å². The third-order valence-electron chi connectivity index (χ3n) is 3.64. The van der Waals surface area contributed by atoms with Gasteiger partial charge in [-0.2, -0.15) is 13.2 Å². The molecule has 25 heavy (non-hydrogen) atoms. The number of hydrogen-bond acceptors (Lipinski definition) is 3. The first-order valence-electron chi connectivity index (χ1n) is 7.53. The maximum atomic E-state index is 12.7. The number of fused-ring (bicyclic) bond motifs is 1. The summed E-state index contributed by atoms with van der Waals surface area (Å²) in [5.74, 6) is 1.26. The smallest absolute Gasteiger partial charge is 0.368 e. The summed E-state index contributed by atoms with van der Waals surface area (Å²) in [6.07, 6.45) is -3.50. The van der Waals surface area contributed by atoms with Crippen LogP contribution in [0.2, 0.25) is 0 Å². The van der Waals surface area contributed by atoms with E-state index in [2.05, 4.69) is 21.4 Å². The lowest BCUT2D eigenvalue weighted by Crippen LogP contribution is -2.10. The highest BCUT2D eigenvalue weighted by molar-refractivity contribution is 14.1. The van der Waals surface area contributed by atoms with Gasteiger partial charge in [-0.15, -0.1) is 11.8 Å². The molecule has 3 rings (SSSR count). The summed E-state index contributed by atoms with van der Waals surface area (Å²) in [6.45, 7) is 2.65. The third kappa shape index (κ3) is 4.22. The second-order valence-electron chi connectivity index (χ2n) is 5.45. The Labute approximate surface area is 160 Å². The molecule has 0 unspecified atom stereocenters. The second-order valence-corrected chi connectivity index (χ2v) is 7.72. The van der Waals surface area contributed by atoms with Gasteiger partial charge in [0.1, 0.15) is 5.82 Å². The van der Waals surface area contributed by atoms with E-state index in [0.717, 1.165) is 29.2 Å². The van der Waals surface area contributed by atoms with Gasteiger partial charge in [-0.1, -0.05) is 18.2 Å². The zero-order chi connectivity index (χ0) is 18.0. The Hall–Kier alpha value is -1.42. The maximum absolute atomic E-state index is 12.7. The molecule has 0 aliphatic heterocycles. The van der Waals surface area contributed by atoms with Crippen molar-refractivity contribution in [1.29, 1.82) is 0 Å². The first-order chi connectivity index (χ1) is 11.9. The van der Waals surface area contributed by atoms with Crippen LogP contribution < -0.4 is 5.32 Å². The van der Waals surface area contributed by atoms with Gasteiger partial charge in [-0.05, 0) is 41.6 Å². The van der Waals surface area contributed by atoms with Crippen LogP contribution >= 0.6 is 34.4 Å². The monoisotopic (exact) mass is 477 g/mol. The van der Waals surface area contributed by atoms with Gasteiger partial charge in [-0.3, -0.25) is 0 Å². The number of nitrogens with zero attached hydrogens (tertiary/aromatic N) is 1. The number of H-pyrrole nitrogens is 1. The number of anilines is 1. The maximum Gasteiger partial charge on any atom is 0.417 e. The number of aromatic nitrogens is 2. The van der Waals surface area contributed by atoms with Crippen molar-refractivity contribution in [3.63, 3.8) is 0 Å². The average molecular weight is 477 g/mol. The second kappa shape index (κ2) is 7.45. The number of hydrogen-bond donors (Lipinski definition) is 2. The van der Waals surface area contributed by atoms with E-state index in [0.29, 0.717) is 15.9 Å². The number of pyridine rings is 1. The van der Waals surface area contributed by atoms with Crippen molar-refractivity contribution >= 4 is 51.1 Å². The number of nitrogens with one attached hydrogen (secondary N) is 2. The van der Waals surface area contributed by atoms with Gasteiger partial charge in [0.05, 0.1) is 9.13 Å².